The molecule has 5 heterocycles. The van der Waals surface area contributed by atoms with Gasteiger partial charge in [0.05, 0.1) is 52.7 Å². The van der Waals surface area contributed by atoms with E-state index in [0.717, 1.165) is 21.7 Å². The molecule has 0 aliphatic heterocycles. The molecular weight excluding hydrogens is 553 g/mol. The molecule has 222 valence electrons. The standard InChI is InChI=1S/C30H32FN9O3/c1-15(2)40-21-9-6-16(10-17(21)12-33-40)23-24-26-22(13-32-28(24)35-25(23)20-14-37(3)36-27(20)31)38(4)30(42)39(26)19-8-7-18(11-19)34-29(41)43-5/h6,9-10,12-15,18-19H,7-8,11H2,1-5H3,(H,32,35)(H,34,41)/t18-,19-/m1/s1/i3D3,4D3. The van der Waals surface area contributed by atoms with Crippen molar-refractivity contribution in [1.29, 1.82) is 0 Å². The number of H-pyrrole nitrogens is 1. The van der Waals surface area contributed by atoms with Crippen LogP contribution in [0.15, 0.2) is 41.6 Å². The Kier molecular flexibility index (Phi) is 4.76. The van der Waals surface area contributed by atoms with Crippen molar-refractivity contribution in [2.75, 3.05) is 7.11 Å². The predicted octanol–water partition coefficient (Wildman–Crippen LogP) is 4.80. The Morgan fingerprint density at radius 3 is 2.84 bits per heavy atom. The first kappa shape index (κ1) is 20.9. The van der Waals surface area contributed by atoms with Crippen LogP contribution in [0, 0.1) is 5.95 Å². The van der Waals surface area contributed by atoms with Crippen molar-refractivity contribution < 1.29 is 22.1 Å². The first-order valence-corrected chi connectivity index (χ1v) is 13.8. The zero-order chi connectivity index (χ0) is 35.2. The van der Waals surface area contributed by atoms with Crippen molar-refractivity contribution >= 4 is 39.1 Å². The van der Waals surface area contributed by atoms with Gasteiger partial charge in [-0.15, -0.1) is 5.10 Å². The second kappa shape index (κ2) is 9.82. The van der Waals surface area contributed by atoms with Crippen LogP contribution in [0.3, 0.4) is 0 Å². The number of aryl methyl sites for hydroxylation is 2. The third-order valence-electron chi connectivity index (χ3n) is 8.24. The van der Waals surface area contributed by atoms with Gasteiger partial charge >= 0.3 is 11.8 Å². The van der Waals surface area contributed by atoms with Gasteiger partial charge in [-0.1, -0.05) is 6.07 Å². The molecule has 1 saturated carbocycles. The van der Waals surface area contributed by atoms with Crippen molar-refractivity contribution in [1.82, 2.24) is 44.0 Å². The quantitative estimate of drug-likeness (QED) is 0.296. The smallest absolute Gasteiger partial charge is 0.407 e. The fourth-order valence-corrected chi connectivity index (χ4v) is 6.36. The number of amides is 1. The van der Waals surface area contributed by atoms with E-state index in [4.69, 9.17) is 13.0 Å². The van der Waals surface area contributed by atoms with Gasteiger partial charge in [-0.2, -0.15) is 9.49 Å². The number of ether oxygens (including phenoxy) is 1. The number of carbonyl (C=O) groups excluding carboxylic acids is 1. The van der Waals surface area contributed by atoms with Gasteiger partial charge < -0.3 is 15.0 Å². The van der Waals surface area contributed by atoms with Crippen molar-refractivity contribution in [3.05, 3.63) is 53.2 Å². The maximum Gasteiger partial charge on any atom is 0.407 e. The highest BCUT2D eigenvalue weighted by atomic mass is 19.1. The van der Waals surface area contributed by atoms with E-state index in [1.54, 1.807) is 12.3 Å². The third-order valence-corrected chi connectivity index (χ3v) is 8.24. The summed E-state index contributed by atoms with van der Waals surface area (Å²) in [5.41, 5.74) is 1.39. The minimum absolute atomic E-state index is 0.0287. The van der Waals surface area contributed by atoms with Gasteiger partial charge in [0.15, 0.2) is 0 Å². The summed E-state index contributed by atoms with van der Waals surface area (Å²) in [6, 6.07) is 4.70. The normalized spacial score (nSPS) is 19.8. The van der Waals surface area contributed by atoms with Gasteiger partial charge in [0.2, 0.25) is 5.95 Å². The number of benzene rings is 1. The van der Waals surface area contributed by atoms with Crippen molar-refractivity contribution in [3.8, 4) is 22.4 Å². The Morgan fingerprint density at radius 1 is 1.23 bits per heavy atom. The van der Waals surface area contributed by atoms with E-state index in [1.807, 2.05) is 30.7 Å². The lowest BCUT2D eigenvalue weighted by molar-refractivity contribution is 0.166. The van der Waals surface area contributed by atoms with E-state index in [2.05, 4.69) is 25.5 Å². The van der Waals surface area contributed by atoms with Crippen LogP contribution in [-0.4, -0.2) is 57.9 Å². The Labute approximate surface area is 253 Å². The number of pyridine rings is 1. The van der Waals surface area contributed by atoms with E-state index in [0.29, 0.717) is 40.5 Å². The van der Waals surface area contributed by atoms with Gasteiger partial charge in [0, 0.05) is 57.4 Å². The molecule has 0 spiro atoms. The maximum absolute atomic E-state index is 15.6. The number of aromatic nitrogens is 8. The van der Waals surface area contributed by atoms with Gasteiger partial charge in [-0.05, 0) is 50.8 Å². The number of imidazole rings is 1. The van der Waals surface area contributed by atoms with Crippen LogP contribution in [0.4, 0.5) is 9.18 Å². The summed E-state index contributed by atoms with van der Waals surface area (Å²) in [5, 5.41) is 12.0. The molecule has 0 unspecified atom stereocenters. The van der Waals surface area contributed by atoms with E-state index in [1.165, 1.54) is 17.9 Å². The van der Waals surface area contributed by atoms with Crippen LogP contribution in [0.2, 0.25) is 0 Å². The second-order valence-electron chi connectivity index (χ2n) is 11.1. The molecule has 12 nitrogen and oxygen atoms in total. The molecule has 43 heavy (non-hydrogen) atoms. The zero-order valence-corrected chi connectivity index (χ0v) is 23.6. The van der Waals surface area contributed by atoms with Crippen molar-refractivity contribution in [2.45, 2.75) is 51.2 Å². The molecule has 6 aromatic rings. The molecule has 2 N–H and O–H groups in total. The molecule has 1 aliphatic carbocycles. The monoisotopic (exact) mass is 591 g/mol. The number of rotatable bonds is 5. The maximum atomic E-state index is 15.6. The minimum atomic E-state index is -2.88. The first-order chi connectivity index (χ1) is 23.1. The highest BCUT2D eigenvalue weighted by Gasteiger charge is 2.32. The van der Waals surface area contributed by atoms with Gasteiger partial charge in [0.25, 0.3) is 0 Å². The minimum Gasteiger partial charge on any atom is -0.453 e. The number of halogens is 1. The number of aromatic amines is 1. The lowest BCUT2D eigenvalue weighted by Gasteiger charge is -2.15. The molecule has 1 amide bonds. The molecule has 1 fully saturated rings. The SMILES string of the molecule is [2H]C([2H])([2H])n1cc(-c2[nH]c3ncc4c(c3c2-c2ccc3c(cnn3C(C)C)c2)n([C@@H]2CC[C@@H](NC(=O)OC)C2)c(=O)n4C([2H])([2H])[2H])c(F)n1. The van der Waals surface area contributed by atoms with Crippen LogP contribution in [0.1, 0.15) is 53.4 Å². The predicted molar refractivity (Wildman–Crippen MR) is 160 cm³/mol. The molecule has 1 aliphatic rings. The highest BCUT2D eigenvalue weighted by Crippen LogP contribution is 2.43. The first-order valence-electron chi connectivity index (χ1n) is 16.8. The number of hydrogen-bond donors (Lipinski definition) is 2. The molecule has 0 radical (unpaired) electrons. The van der Waals surface area contributed by atoms with Gasteiger partial charge in [-0.25, -0.2) is 14.6 Å². The summed E-state index contributed by atoms with van der Waals surface area (Å²) in [6.07, 6.45) is 4.68. The highest BCUT2D eigenvalue weighted by molar-refractivity contribution is 6.14. The number of methoxy groups -OCH3 is 1. The summed E-state index contributed by atoms with van der Waals surface area (Å²) >= 11 is 0. The second-order valence-corrected chi connectivity index (χ2v) is 11.1. The average molecular weight is 592 g/mol. The third kappa shape index (κ3) is 4.13. The lowest BCUT2D eigenvalue weighted by Crippen LogP contribution is -2.33. The zero-order valence-electron chi connectivity index (χ0n) is 29.6. The summed E-state index contributed by atoms with van der Waals surface area (Å²) in [5.74, 6) is -1.06. The number of hydrogen-bond acceptors (Lipinski definition) is 6. The number of carbonyl (C=O) groups is 1. The Balaban J connectivity index is 1.57. The Hall–Kier alpha value is -4.94. The number of fused-ring (bicyclic) bond motifs is 4. The van der Waals surface area contributed by atoms with E-state index >= 15 is 4.39 Å². The van der Waals surface area contributed by atoms with E-state index in [-0.39, 0.29) is 40.0 Å². The molecule has 7 rings (SSSR count). The molecule has 2 atom stereocenters. The summed E-state index contributed by atoms with van der Waals surface area (Å²) < 4.78 is 73.1. The van der Waals surface area contributed by atoms with Crippen LogP contribution in [0.5, 0.6) is 0 Å². The van der Waals surface area contributed by atoms with Crippen LogP contribution >= 0.6 is 0 Å². The topological polar surface area (TPSA) is 130 Å². The summed E-state index contributed by atoms with van der Waals surface area (Å²) in [7, 11) is 1.25. The molecule has 1 aromatic carbocycles. The fraction of sp³-hybridized carbons (Fsp3) is 0.367. The van der Waals surface area contributed by atoms with Crippen molar-refractivity contribution in [3.63, 3.8) is 0 Å². The molecule has 5 aromatic heterocycles. The Morgan fingerprint density at radius 2 is 2.09 bits per heavy atom. The summed E-state index contributed by atoms with van der Waals surface area (Å²) in [6.45, 7) is -1.66. The van der Waals surface area contributed by atoms with Crippen LogP contribution < -0.4 is 11.0 Å². The molecular formula is C30H32FN9O3. The molecule has 0 saturated heterocycles. The number of alkyl carbamates (subject to hydrolysis) is 1. The van der Waals surface area contributed by atoms with Crippen LogP contribution in [0.25, 0.3) is 55.4 Å². The van der Waals surface area contributed by atoms with Crippen molar-refractivity contribution in [2.24, 2.45) is 14.0 Å². The van der Waals surface area contributed by atoms with Crippen LogP contribution in [-0.2, 0) is 18.7 Å². The molecule has 0 bridgehead atoms. The summed E-state index contributed by atoms with van der Waals surface area (Å²) in [4.78, 5) is 33.8. The van der Waals surface area contributed by atoms with Gasteiger partial charge in [-0.3, -0.25) is 18.5 Å². The van der Waals surface area contributed by atoms with Gasteiger partial charge in [0.1, 0.15) is 5.65 Å². The Bertz CT molecular complexity index is 2330. The van der Waals surface area contributed by atoms with E-state index < -0.39 is 37.7 Å². The largest absolute Gasteiger partial charge is 0.453 e. The number of nitrogens with one attached hydrogen (secondary N) is 2. The lowest BCUT2D eigenvalue weighted by atomic mass is 9.98. The van der Waals surface area contributed by atoms with E-state index in [9.17, 15) is 9.59 Å². The molecule has 13 heteroatoms. The average Bonchev–Trinajstić information content (AvgIpc) is 3.83. The fourth-order valence-electron chi connectivity index (χ4n) is 6.36. The number of nitrogens with zero attached hydrogens (tertiary/aromatic N) is 7.